The Hall–Kier alpha value is -3.74. The van der Waals surface area contributed by atoms with Crippen LogP contribution < -0.4 is 11.1 Å². The van der Waals surface area contributed by atoms with Gasteiger partial charge in [-0.05, 0) is 71.4 Å². The highest BCUT2D eigenvalue weighted by molar-refractivity contribution is 9.10. The molecule has 0 unspecified atom stereocenters. The Balaban J connectivity index is 1.36. The normalized spacial score (nSPS) is 20.7. The lowest BCUT2D eigenvalue weighted by Crippen LogP contribution is -2.50. The summed E-state index contributed by atoms with van der Waals surface area (Å²) in [6.07, 6.45) is -1.37. The third kappa shape index (κ3) is 4.19. The molecule has 2 amide bonds. The van der Waals surface area contributed by atoms with E-state index in [4.69, 9.17) is 5.73 Å². The number of fused-ring (bicyclic) bond motifs is 4. The number of hydrogen-bond acceptors (Lipinski definition) is 5. The van der Waals surface area contributed by atoms with Crippen molar-refractivity contribution < 1.29 is 27.2 Å². The molecule has 3 heterocycles. The minimum atomic E-state index is -4.58. The van der Waals surface area contributed by atoms with Crippen LogP contribution in [0.2, 0.25) is 0 Å². The number of halogens is 5. The van der Waals surface area contributed by atoms with Crippen LogP contribution in [0.15, 0.2) is 47.2 Å². The summed E-state index contributed by atoms with van der Waals surface area (Å²) >= 11 is 3.10. The quantitative estimate of drug-likeness (QED) is 0.315. The van der Waals surface area contributed by atoms with Crippen molar-refractivity contribution in [3.8, 4) is 0 Å². The minimum Gasteiger partial charge on any atom is -0.383 e. The second kappa shape index (κ2) is 9.18. The highest BCUT2D eigenvalue weighted by Crippen LogP contribution is 2.44. The molecule has 39 heavy (non-hydrogen) atoms. The summed E-state index contributed by atoms with van der Waals surface area (Å²) in [6.45, 7) is -0.278. The van der Waals surface area contributed by atoms with Crippen LogP contribution in [0.25, 0.3) is 21.9 Å². The van der Waals surface area contributed by atoms with E-state index in [1.54, 1.807) is 6.07 Å². The van der Waals surface area contributed by atoms with Gasteiger partial charge in [-0.15, -0.1) is 0 Å². The number of carbonyl (C=O) groups is 2. The summed E-state index contributed by atoms with van der Waals surface area (Å²) in [5, 5.41) is 2.99. The van der Waals surface area contributed by atoms with Crippen molar-refractivity contribution in [2.24, 2.45) is 5.92 Å². The molecule has 3 N–H and O–H groups in total. The first kappa shape index (κ1) is 25.5. The van der Waals surface area contributed by atoms with Gasteiger partial charge in [-0.3, -0.25) is 9.59 Å². The van der Waals surface area contributed by atoms with Crippen molar-refractivity contribution in [1.29, 1.82) is 0 Å². The predicted molar refractivity (Wildman–Crippen MR) is 139 cm³/mol. The van der Waals surface area contributed by atoms with Crippen LogP contribution in [0, 0.1) is 11.7 Å². The Bertz CT molecular complexity index is 1660. The number of benzene rings is 2. The molecule has 6 rings (SSSR count). The first-order chi connectivity index (χ1) is 18.5. The summed E-state index contributed by atoms with van der Waals surface area (Å²) in [5.74, 6) is -1.39. The summed E-state index contributed by atoms with van der Waals surface area (Å²) in [4.78, 5) is 36.7. The van der Waals surface area contributed by atoms with Crippen molar-refractivity contribution >= 4 is 61.2 Å². The van der Waals surface area contributed by atoms with E-state index in [2.05, 4.69) is 31.2 Å². The molecular weight excluding hydrogens is 584 g/mol. The molecule has 13 heteroatoms. The molecule has 8 nitrogen and oxygen atoms in total. The molecule has 2 aromatic carbocycles. The lowest BCUT2D eigenvalue weighted by molar-refractivity contribution is -0.140. The molecule has 1 aliphatic heterocycles. The van der Waals surface area contributed by atoms with E-state index < -0.39 is 35.4 Å². The third-order valence-corrected chi connectivity index (χ3v) is 8.30. The van der Waals surface area contributed by atoms with E-state index in [1.165, 1.54) is 34.0 Å². The fraction of sp³-hybridized carbons (Fsp3) is 0.308. The van der Waals surface area contributed by atoms with Crippen molar-refractivity contribution in [1.82, 2.24) is 19.4 Å². The molecule has 0 radical (unpaired) electrons. The van der Waals surface area contributed by atoms with E-state index in [0.29, 0.717) is 11.9 Å². The lowest BCUT2D eigenvalue weighted by atomic mass is 9.80. The molecule has 0 spiro atoms. The maximum Gasteiger partial charge on any atom is 0.416 e. The summed E-state index contributed by atoms with van der Waals surface area (Å²) in [6, 6.07) is 6.75. The van der Waals surface area contributed by atoms with Gasteiger partial charge in [0, 0.05) is 11.4 Å². The first-order valence-corrected chi connectivity index (χ1v) is 13.0. The first-order valence-electron chi connectivity index (χ1n) is 12.2. The zero-order valence-corrected chi connectivity index (χ0v) is 21.8. The number of nitrogens with zero attached hydrogens (tertiary/aromatic N) is 4. The number of amides is 2. The van der Waals surface area contributed by atoms with Gasteiger partial charge in [0.05, 0.1) is 26.6 Å². The number of nitrogens with two attached hydrogens (primary N) is 1. The van der Waals surface area contributed by atoms with Crippen LogP contribution in [-0.2, 0) is 22.3 Å². The van der Waals surface area contributed by atoms with E-state index >= 15 is 0 Å². The Morgan fingerprint density at radius 2 is 1.95 bits per heavy atom. The summed E-state index contributed by atoms with van der Waals surface area (Å²) in [7, 11) is 0. The average Bonchev–Trinajstić information content (AvgIpc) is 3.32. The van der Waals surface area contributed by atoms with Crippen molar-refractivity contribution in [2.45, 2.75) is 44.1 Å². The molecule has 2 fully saturated rings. The van der Waals surface area contributed by atoms with Gasteiger partial charge in [0.25, 0.3) is 0 Å². The number of hydrogen-bond donors (Lipinski definition) is 2. The number of nitrogen functional groups attached to an aromatic ring is 1. The second-order valence-electron chi connectivity index (χ2n) is 9.82. The Morgan fingerprint density at radius 3 is 2.67 bits per heavy atom. The monoisotopic (exact) mass is 604 g/mol. The fourth-order valence-corrected chi connectivity index (χ4v) is 6.09. The fourth-order valence-electron chi connectivity index (χ4n) is 5.72. The number of carbonyl (C=O) groups excluding carboxylic acids is 2. The van der Waals surface area contributed by atoms with Crippen LogP contribution in [0.3, 0.4) is 0 Å². The van der Waals surface area contributed by atoms with Gasteiger partial charge in [0.2, 0.25) is 11.8 Å². The van der Waals surface area contributed by atoms with Crippen molar-refractivity contribution in [2.75, 3.05) is 11.1 Å². The van der Waals surface area contributed by atoms with Gasteiger partial charge in [-0.25, -0.2) is 14.4 Å². The molecule has 1 saturated heterocycles. The lowest BCUT2D eigenvalue weighted by Gasteiger charge is -2.37. The maximum atomic E-state index is 14.5. The smallest absolute Gasteiger partial charge is 0.383 e. The Kier molecular flexibility index (Phi) is 6.01. The van der Waals surface area contributed by atoms with Crippen LogP contribution in [0.1, 0.15) is 24.8 Å². The molecule has 2 aromatic heterocycles. The molecular formula is C26H21BrF4N6O2. The number of rotatable bonds is 4. The number of alkyl halides is 3. The van der Waals surface area contributed by atoms with E-state index in [9.17, 15) is 27.2 Å². The minimum absolute atomic E-state index is 0.00365. The Morgan fingerprint density at radius 1 is 1.15 bits per heavy atom. The van der Waals surface area contributed by atoms with E-state index in [0.717, 1.165) is 25.0 Å². The molecule has 0 bridgehead atoms. The zero-order valence-electron chi connectivity index (χ0n) is 20.2. The number of anilines is 2. The highest BCUT2D eigenvalue weighted by Gasteiger charge is 2.51. The van der Waals surface area contributed by atoms with Gasteiger partial charge < -0.3 is 20.5 Å². The van der Waals surface area contributed by atoms with Crippen LogP contribution in [0.4, 0.5) is 29.1 Å². The standard InChI is InChI=1S/C26H21BrF4N6O2/c27-15-2-1-3-16(22(15)28)35-25(39)19-8-12-4-6-17(12)37(19)20(38)10-36-18-7-5-13(26(29,30)31)9-14(18)21-23(32)33-11-34-24(21)36/h1-3,5,7,9,11-12,17,19H,4,6,8,10H2,(H,35,39)(H2,32,33,34)/t12-,17-,19+/m1/s1. The molecule has 2 aliphatic rings. The SMILES string of the molecule is Nc1ncnc2c1c1cc(C(F)(F)F)ccc1n2CC(=O)N1[C@@H]2CC[C@@H]2C[C@H]1C(=O)Nc1cccc(Br)c1F. The Labute approximate surface area is 227 Å². The van der Waals surface area contributed by atoms with Gasteiger partial charge >= 0.3 is 6.18 Å². The van der Waals surface area contributed by atoms with Crippen LogP contribution >= 0.6 is 15.9 Å². The summed E-state index contributed by atoms with van der Waals surface area (Å²) < 4.78 is 56.6. The predicted octanol–water partition coefficient (Wildman–Crippen LogP) is 5.11. The highest BCUT2D eigenvalue weighted by atomic mass is 79.9. The van der Waals surface area contributed by atoms with Crippen molar-refractivity contribution in [3.05, 3.63) is 58.6 Å². The second-order valence-corrected chi connectivity index (χ2v) is 10.7. The van der Waals surface area contributed by atoms with E-state index in [1.807, 2.05) is 0 Å². The van der Waals surface area contributed by atoms with Gasteiger partial charge in [-0.2, -0.15) is 13.2 Å². The molecule has 4 aromatic rings. The molecule has 1 aliphatic carbocycles. The number of aromatic nitrogens is 3. The topological polar surface area (TPSA) is 106 Å². The third-order valence-electron chi connectivity index (χ3n) is 7.69. The zero-order chi connectivity index (χ0) is 27.6. The maximum absolute atomic E-state index is 14.5. The molecule has 202 valence electrons. The van der Waals surface area contributed by atoms with Crippen LogP contribution in [-0.4, -0.2) is 43.3 Å². The van der Waals surface area contributed by atoms with Gasteiger partial charge in [0.15, 0.2) is 5.82 Å². The van der Waals surface area contributed by atoms with Crippen molar-refractivity contribution in [3.63, 3.8) is 0 Å². The molecule has 1 saturated carbocycles. The number of nitrogens with one attached hydrogen (secondary N) is 1. The van der Waals surface area contributed by atoms with Crippen LogP contribution in [0.5, 0.6) is 0 Å². The number of likely N-dealkylation sites (tertiary alicyclic amines) is 1. The van der Waals surface area contributed by atoms with E-state index in [-0.39, 0.29) is 50.9 Å². The molecule has 3 atom stereocenters. The van der Waals surface area contributed by atoms with Gasteiger partial charge in [0.1, 0.15) is 30.4 Å². The summed E-state index contributed by atoms with van der Waals surface area (Å²) in [5.41, 5.74) is 5.71. The largest absolute Gasteiger partial charge is 0.416 e. The average molecular weight is 605 g/mol. The van der Waals surface area contributed by atoms with Gasteiger partial charge in [-0.1, -0.05) is 6.07 Å².